The average Bonchev–Trinajstić information content (AvgIpc) is 3.05. The molecule has 1 saturated heterocycles. The van der Waals surface area contributed by atoms with Crippen molar-refractivity contribution in [1.82, 2.24) is 9.55 Å². The van der Waals surface area contributed by atoms with Crippen molar-refractivity contribution in [2.45, 2.75) is 18.9 Å². The summed E-state index contributed by atoms with van der Waals surface area (Å²) in [6.45, 7) is 1.77. The normalized spacial score (nSPS) is 18.9. The predicted octanol–water partition coefficient (Wildman–Crippen LogP) is 3.57. The zero-order chi connectivity index (χ0) is 12.4. The molecule has 1 unspecified atom stereocenters. The molecule has 0 amide bonds. The van der Waals surface area contributed by atoms with Crippen LogP contribution in [0.15, 0.2) is 30.2 Å². The molecule has 18 heavy (non-hydrogen) atoms. The molecule has 1 fully saturated rings. The molecule has 3 rings (SSSR count). The third kappa shape index (κ3) is 2.48. The summed E-state index contributed by atoms with van der Waals surface area (Å²) in [4.78, 5) is 5.67. The van der Waals surface area contributed by atoms with Crippen LogP contribution in [0.3, 0.4) is 0 Å². The molecule has 3 heterocycles. The summed E-state index contributed by atoms with van der Waals surface area (Å²) >= 11 is 4.29. The Bertz CT molecular complexity index is 491. The van der Waals surface area contributed by atoms with Crippen molar-refractivity contribution in [2.75, 3.05) is 13.2 Å². The molecule has 0 bridgehead atoms. The van der Waals surface area contributed by atoms with E-state index in [1.54, 1.807) is 0 Å². The van der Waals surface area contributed by atoms with Crippen molar-refractivity contribution in [3.8, 4) is 0 Å². The van der Waals surface area contributed by atoms with Gasteiger partial charge in [0.1, 0.15) is 0 Å². The van der Waals surface area contributed by atoms with Crippen LogP contribution in [0.5, 0.6) is 0 Å². The maximum atomic E-state index is 5.49. The summed E-state index contributed by atoms with van der Waals surface area (Å²) in [6, 6.07) is 2.62. The molecule has 1 aliphatic rings. The fourth-order valence-corrected chi connectivity index (χ4v) is 4.68. The first-order chi connectivity index (χ1) is 8.86. The Morgan fingerprint density at radius 3 is 2.89 bits per heavy atom. The van der Waals surface area contributed by atoms with Gasteiger partial charge in [0.2, 0.25) is 0 Å². The van der Waals surface area contributed by atoms with Crippen molar-refractivity contribution in [2.24, 2.45) is 5.92 Å². The van der Waals surface area contributed by atoms with Gasteiger partial charge in [-0.3, -0.25) is 0 Å². The second kappa shape index (κ2) is 5.71. The van der Waals surface area contributed by atoms with Crippen molar-refractivity contribution < 1.29 is 4.74 Å². The highest BCUT2D eigenvalue weighted by Gasteiger charge is 2.28. The van der Waals surface area contributed by atoms with Gasteiger partial charge in [-0.05, 0) is 52.8 Å². The van der Waals surface area contributed by atoms with Crippen LogP contribution in [0.4, 0.5) is 0 Å². The summed E-state index contributed by atoms with van der Waals surface area (Å²) in [5.41, 5.74) is 0. The number of halogens is 1. The van der Waals surface area contributed by atoms with Crippen LogP contribution in [-0.4, -0.2) is 22.8 Å². The molecule has 2 aromatic heterocycles. The lowest BCUT2D eigenvalue weighted by Crippen LogP contribution is -2.26. The van der Waals surface area contributed by atoms with Crippen molar-refractivity contribution >= 4 is 33.9 Å². The van der Waals surface area contributed by atoms with E-state index in [4.69, 9.17) is 4.74 Å². The molecule has 5 heteroatoms. The van der Waals surface area contributed by atoms with Gasteiger partial charge < -0.3 is 9.30 Å². The maximum absolute atomic E-state index is 5.49. The first-order valence-corrected chi connectivity index (χ1v) is 8.10. The third-order valence-corrected chi connectivity index (χ3v) is 5.77. The van der Waals surface area contributed by atoms with E-state index in [-0.39, 0.29) is 0 Å². The van der Waals surface area contributed by atoms with Gasteiger partial charge in [-0.25, -0.2) is 4.98 Å². The number of ether oxygens (including phenoxy) is 1. The highest BCUT2D eigenvalue weighted by Crippen LogP contribution is 2.38. The SMILES string of the molecule is Ic1ccsc1C(C1CCOCC1)n1ccnc1. The summed E-state index contributed by atoms with van der Waals surface area (Å²) < 4.78 is 9.11. The van der Waals surface area contributed by atoms with Gasteiger partial charge in [0.05, 0.1) is 12.4 Å². The molecule has 0 radical (unpaired) electrons. The van der Waals surface area contributed by atoms with E-state index < -0.39 is 0 Å². The van der Waals surface area contributed by atoms with E-state index >= 15 is 0 Å². The molecule has 0 aromatic carbocycles. The Labute approximate surface area is 124 Å². The van der Waals surface area contributed by atoms with Crippen molar-refractivity contribution in [3.05, 3.63) is 38.6 Å². The zero-order valence-electron chi connectivity index (χ0n) is 9.96. The second-order valence-electron chi connectivity index (χ2n) is 4.54. The molecule has 0 saturated carbocycles. The monoisotopic (exact) mass is 374 g/mol. The average molecular weight is 374 g/mol. The molecule has 3 nitrogen and oxygen atoms in total. The Morgan fingerprint density at radius 1 is 1.44 bits per heavy atom. The fourth-order valence-electron chi connectivity index (χ4n) is 2.57. The Balaban J connectivity index is 1.96. The number of thiophene rings is 1. The molecule has 0 aliphatic carbocycles. The Hall–Kier alpha value is -0.400. The summed E-state index contributed by atoms with van der Waals surface area (Å²) in [6.07, 6.45) is 8.16. The second-order valence-corrected chi connectivity index (χ2v) is 6.65. The fraction of sp³-hybridized carbons (Fsp3) is 0.462. The molecule has 0 spiro atoms. The zero-order valence-corrected chi connectivity index (χ0v) is 12.9. The van der Waals surface area contributed by atoms with E-state index in [9.17, 15) is 0 Å². The van der Waals surface area contributed by atoms with Crippen LogP contribution < -0.4 is 0 Å². The molecule has 96 valence electrons. The number of nitrogens with zero attached hydrogens (tertiary/aromatic N) is 2. The summed E-state index contributed by atoms with van der Waals surface area (Å²) in [7, 11) is 0. The molecule has 1 atom stereocenters. The first kappa shape index (κ1) is 12.6. The van der Waals surface area contributed by atoms with Gasteiger partial charge in [0.15, 0.2) is 0 Å². The lowest BCUT2D eigenvalue weighted by atomic mass is 9.90. The number of hydrogen-bond acceptors (Lipinski definition) is 3. The number of rotatable bonds is 3. The van der Waals surface area contributed by atoms with Gasteiger partial charge in [0.25, 0.3) is 0 Å². The smallest absolute Gasteiger partial charge is 0.0952 e. The number of hydrogen-bond donors (Lipinski definition) is 0. The maximum Gasteiger partial charge on any atom is 0.0952 e. The standard InChI is InChI=1S/C13H15IN2OS/c14-11-3-8-18-13(11)12(16-5-4-15-9-16)10-1-6-17-7-2-10/h3-5,8-10,12H,1-2,6-7H2. The van der Waals surface area contributed by atoms with E-state index in [2.05, 4.69) is 49.8 Å². The molecule has 2 aromatic rings. The third-order valence-electron chi connectivity index (χ3n) is 3.47. The van der Waals surface area contributed by atoms with E-state index in [0.29, 0.717) is 12.0 Å². The number of aromatic nitrogens is 2. The van der Waals surface area contributed by atoms with Crippen molar-refractivity contribution in [3.63, 3.8) is 0 Å². The number of imidazole rings is 1. The first-order valence-electron chi connectivity index (χ1n) is 6.14. The Kier molecular flexibility index (Phi) is 4.00. The van der Waals surface area contributed by atoms with Gasteiger partial charge >= 0.3 is 0 Å². The van der Waals surface area contributed by atoms with Crippen molar-refractivity contribution in [1.29, 1.82) is 0 Å². The molecule has 0 N–H and O–H groups in total. The predicted molar refractivity (Wildman–Crippen MR) is 80.9 cm³/mol. The minimum atomic E-state index is 0.420. The summed E-state index contributed by atoms with van der Waals surface area (Å²) in [5.74, 6) is 0.653. The molecular formula is C13H15IN2OS. The van der Waals surface area contributed by atoms with Gasteiger partial charge in [0, 0.05) is 34.1 Å². The summed E-state index contributed by atoms with van der Waals surface area (Å²) in [5, 5.41) is 2.18. The van der Waals surface area contributed by atoms with Crippen LogP contribution in [0, 0.1) is 9.49 Å². The lowest BCUT2D eigenvalue weighted by molar-refractivity contribution is 0.0546. The van der Waals surface area contributed by atoms with Crippen LogP contribution >= 0.6 is 33.9 Å². The van der Waals surface area contributed by atoms with Gasteiger partial charge in [-0.1, -0.05) is 0 Å². The minimum absolute atomic E-state index is 0.420. The highest BCUT2D eigenvalue weighted by atomic mass is 127. The van der Waals surface area contributed by atoms with Crippen LogP contribution in [-0.2, 0) is 4.74 Å². The quantitative estimate of drug-likeness (QED) is 0.769. The highest BCUT2D eigenvalue weighted by molar-refractivity contribution is 14.1. The molecule has 1 aliphatic heterocycles. The lowest BCUT2D eigenvalue weighted by Gasteiger charge is -2.31. The van der Waals surface area contributed by atoms with Gasteiger partial charge in [-0.2, -0.15) is 0 Å². The van der Waals surface area contributed by atoms with Crippen LogP contribution in [0.1, 0.15) is 23.8 Å². The molecular weight excluding hydrogens is 359 g/mol. The van der Waals surface area contributed by atoms with Crippen LogP contribution in [0.2, 0.25) is 0 Å². The Morgan fingerprint density at radius 2 is 2.28 bits per heavy atom. The van der Waals surface area contributed by atoms with Gasteiger partial charge in [-0.15, -0.1) is 11.3 Å². The van der Waals surface area contributed by atoms with Crippen LogP contribution in [0.25, 0.3) is 0 Å². The largest absolute Gasteiger partial charge is 0.381 e. The minimum Gasteiger partial charge on any atom is -0.381 e. The van der Waals surface area contributed by atoms with E-state index in [1.165, 1.54) is 8.45 Å². The van der Waals surface area contributed by atoms with E-state index in [1.807, 2.05) is 23.9 Å². The van der Waals surface area contributed by atoms with E-state index in [0.717, 1.165) is 26.1 Å². The topological polar surface area (TPSA) is 27.1 Å².